The molecule has 17 heavy (non-hydrogen) atoms. The monoisotopic (exact) mass is 239 g/mol. The molecule has 0 bridgehead atoms. The summed E-state index contributed by atoms with van der Waals surface area (Å²) in [4.78, 5) is 0. The maximum atomic E-state index is 6.25. The van der Waals surface area contributed by atoms with Gasteiger partial charge in [-0.3, -0.25) is 0 Å². The fourth-order valence-electron chi connectivity index (χ4n) is 3.84. The predicted molar refractivity (Wildman–Crippen MR) is 72.1 cm³/mol. The molecule has 2 aliphatic rings. The number of ether oxygens (including phenoxy) is 1. The van der Waals surface area contributed by atoms with Gasteiger partial charge in [0, 0.05) is 12.0 Å². The van der Waals surface area contributed by atoms with Gasteiger partial charge in [0.25, 0.3) is 0 Å². The van der Waals surface area contributed by atoms with Gasteiger partial charge in [0.1, 0.15) is 0 Å². The summed E-state index contributed by atoms with van der Waals surface area (Å²) in [5, 5.41) is 3.73. The van der Waals surface area contributed by atoms with Crippen LogP contribution >= 0.6 is 0 Å². The van der Waals surface area contributed by atoms with Crippen molar-refractivity contribution in [2.24, 2.45) is 17.8 Å². The van der Waals surface area contributed by atoms with Crippen molar-refractivity contribution in [2.45, 2.75) is 71.6 Å². The molecule has 1 aliphatic heterocycles. The SMILES string of the molecule is CCNC(C1CC1C)C1CC(C)(C)OC1(C)C. The predicted octanol–water partition coefficient (Wildman–Crippen LogP) is 3.21. The van der Waals surface area contributed by atoms with Crippen LogP contribution in [0.25, 0.3) is 0 Å². The average Bonchev–Trinajstić information content (AvgIpc) is 2.81. The summed E-state index contributed by atoms with van der Waals surface area (Å²) in [6.07, 6.45) is 2.57. The van der Waals surface area contributed by atoms with Crippen LogP contribution in [0.5, 0.6) is 0 Å². The van der Waals surface area contributed by atoms with Crippen molar-refractivity contribution in [2.75, 3.05) is 6.54 Å². The maximum Gasteiger partial charge on any atom is 0.0677 e. The highest BCUT2D eigenvalue weighted by atomic mass is 16.5. The second-order valence-electron chi connectivity index (χ2n) is 7.24. The topological polar surface area (TPSA) is 21.3 Å². The van der Waals surface area contributed by atoms with Crippen LogP contribution in [-0.2, 0) is 4.74 Å². The van der Waals surface area contributed by atoms with Gasteiger partial charge in [-0.2, -0.15) is 0 Å². The van der Waals surface area contributed by atoms with Gasteiger partial charge in [0.2, 0.25) is 0 Å². The van der Waals surface area contributed by atoms with Crippen LogP contribution in [-0.4, -0.2) is 23.8 Å². The lowest BCUT2D eigenvalue weighted by molar-refractivity contribution is -0.0784. The van der Waals surface area contributed by atoms with Crippen LogP contribution in [0.3, 0.4) is 0 Å². The first-order valence-electron chi connectivity index (χ1n) is 7.20. The fraction of sp³-hybridized carbons (Fsp3) is 1.00. The van der Waals surface area contributed by atoms with Crippen LogP contribution in [0.1, 0.15) is 54.4 Å². The molecule has 0 radical (unpaired) electrons. The van der Waals surface area contributed by atoms with Crippen molar-refractivity contribution < 1.29 is 4.74 Å². The second kappa shape index (κ2) is 4.24. The number of rotatable bonds is 4. The van der Waals surface area contributed by atoms with E-state index in [1.54, 1.807) is 0 Å². The highest BCUT2D eigenvalue weighted by Gasteiger charge is 2.53. The van der Waals surface area contributed by atoms with Crippen LogP contribution < -0.4 is 5.32 Å². The minimum Gasteiger partial charge on any atom is -0.369 e. The average molecular weight is 239 g/mol. The lowest BCUT2D eigenvalue weighted by atomic mass is 9.79. The molecule has 0 amide bonds. The van der Waals surface area contributed by atoms with E-state index in [9.17, 15) is 0 Å². The number of nitrogens with one attached hydrogen (secondary N) is 1. The third kappa shape index (κ3) is 2.68. The van der Waals surface area contributed by atoms with E-state index in [1.165, 1.54) is 12.8 Å². The van der Waals surface area contributed by atoms with E-state index in [-0.39, 0.29) is 11.2 Å². The van der Waals surface area contributed by atoms with Crippen molar-refractivity contribution >= 4 is 0 Å². The molecule has 0 aromatic rings. The second-order valence-corrected chi connectivity index (χ2v) is 7.24. The van der Waals surface area contributed by atoms with Crippen LogP contribution in [0.4, 0.5) is 0 Å². The zero-order valence-electron chi connectivity index (χ0n) is 12.3. The smallest absolute Gasteiger partial charge is 0.0677 e. The molecule has 2 nitrogen and oxygen atoms in total. The molecule has 0 aromatic carbocycles. The van der Waals surface area contributed by atoms with Crippen LogP contribution in [0.2, 0.25) is 0 Å². The lowest BCUT2D eigenvalue weighted by Crippen LogP contribution is -2.45. The van der Waals surface area contributed by atoms with Crippen molar-refractivity contribution in [3.63, 3.8) is 0 Å². The molecule has 1 heterocycles. The Morgan fingerprint density at radius 3 is 2.24 bits per heavy atom. The van der Waals surface area contributed by atoms with Crippen molar-refractivity contribution in [1.29, 1.82) is 0 Å². The van der Waals surface area contributed by atoms with E-state index in [1.807, 2.05) is 0 Å². The first-order valence-corrected chi connectivity index (χ1v) is 7.20. The molecule has 0 aromatic heterocycles. The first kappa shape index (κ1) is 13.4. The highest BCUT2D eigenvalue weighted by Crippen LogP contribution is 2.51. The molecule has 1 saturated carbocycles. The largest absolute Gasteiger partial charge is 0.369 e. The Kier molecular flexibility index (Phi) is 3.33. The Morgan fingerprint density at radius 2 is 1.88 bits per heavy atom. The van der Waals surface area contributed by atoms with Crippen molar-refractivity contribution in [3.05, 3.63) is 0 Å². The molecule has 1 saturated heterocycles. The summed E-state index contributed by atoms with van der Waals surface area (Å²) in [5.41, 5.74) is 0.0542. The van der Waals surface area contributed by atoms with Gasteiger partial charge >= 0.3 is 0 Å². The van der Waals surface area contributed by atoms with Crippen molar-refractivity contribution in [1.82, 2.24) is 5.32 Å². The van der Waals surface area contributed by atoms with E-state index >= 15 is 0 Å². The molecule has 4 unspecified atom stereocenters. The molecule has 100 valence electrons. The van der Waals surface area contributed by atoms with E-state index in [2.05, 4.69) is 46.9 Å². The van der Waals surface area contributed by atoms with E-state index in [0.29, 0.717) is 12.0 Å². The quantitative estimate of drug-likeness (QED) is 0.813. The Balaban J connectivity index is 2.13. The third-order valence-electron chi connectivity index (χ3n) is 4.65. The Bertz CT molecular complexity index is 285. The molecule has 1 aliphatic carbocycles. The summed E-state index contributed by atoms with van der Waals surface area (Å²) in [7, 11) is 0. The van der Waals surface area contributed by atoms with E-state index in [0.717, 1.165) is 18.4 Å². The van der Waals surface area contributed by atoms with Gasteiger partial charge in [0.05, 0.1) is 11.2 Å². The summed E-state index contributed by atoms with van der Waals surface area (Å²) in [6, 6.07) is 0.645. The lowest BCUT2D eigenvalue weighted by Gasteiger charge is -2.34. The van der Waals surface area contributed by atoms with Gasteiger partial charge < -0.3 is 10.1 Å². The van der Waals surface area contributed by atoms with Crippen LogP contribution in [0.15, 0.2) is 0 Å². The van der Waals surface area contributed by atoms with Gasteiger partial charge in [-0.05, 0) is 58.9 Å². The van der Waals surface area contributed by atoms with Gasteiger partial charge in [0.15, 0.2) is 0 Å². The summed E-state index contributed by atoms with van der Waals surface area (Å²) in [6.45, 7) is 14.7. The normalized spacial score (nSPS) is 40.2. The molecular formula is C15H29NO. The molecular weight excluding hydrogens is 210 g/mol. The summed E-state index contributed by atoms with van der Waals surface area (Å²) >= 11 is 0. The molecule has 2 fully saturated rings. The first-order chi connectivity index (χ1) is 7.77. The fourth-order valence-corrected chi connectivity index (χ4v) is 3.84. The van der Waals surface area contributed by atoms with Gasteiger partial charge in [-0.1, -0.05) is 13.8 Å². The van der Waals surface area contributed by atoms with Crippen LogP contribution in [0, 0.1) is 17.8 Å². The summed E-state index contributed by atoms with van der Waals surface area (Å²) in [5.74, 6) is 2.42. The number of hydrogen-bond donors (Lipinski definition) is 1. The van der Waals surface area contributed by atoms with Gasteiger partial charge in [-0.15, -0.1) is 0 Å². The van der Waals surface area contributed by atoms with Crippen molar-refractivity contribution in [3.8, 4) is 0 Å². The number of hydrogen-bond acceptors (Lipinski definition) is 2. The molecule has 2 heteroatoms. The zero-order valence-corrected chi connectivity index (χ0v) is 12.3. The Morgan fingerprint density at radius 1 is 1.29 bits per heavy atom. The highest BCUT2D eigenvalue weighted by molar-refractivity contribution is 5.05. The Labute approximate surface area is 107 Å². The minimum absolute atomic E-state index is 0.0125. The zero-order chi connectivity index (χ0) is 12.8. The molecule has 4 atom stereocenters. The minimum atomic E-state index is 0.0125. The Hall–Kier alpha value is -0.0800. The molecule has 2 rings (SSSR count). The van der Waals surface area contributed by atoms with E-state index in [4.69, 9.17) is 4.74 Å². The maximum absolute atomic E-state index is 6.25. The molecule has 0 spiro atoms. The molecule has 1 N–H and O–H groups in total. The van der Waals surface area contributed by atoms with E-state index < -0.39 is 0 Å². The van der Waals surface area contributed by atoms with Gasteiger partial charge in [-0.25, -0.2) is 0 Å². The standard InChI is InChI=1S/C15H29NO/c1-7-16-13(11-8-10(11)2)12-9-14(3,4)17-15(12,5)6/h10-13,16H,7-9H2,1-6H3. The summed E-state index contributed by atoms with van der Waals surface area (Å²) < 4.78 is 6.25. The third-order valence-corrected chi connectivity index (χ3v) is 4.65.